The fourth-order valence-corrected chi connectivity index (χ4v) is 5.55. The van der Waals surface area contributed by atoms with Crippen LogP contribution in [0.3, 0.4) is 0 Å². The van der Waals surface area contributed by atoms with E-state index >= 15 is 0 Å². The van der Waals surface area contributed by atoms with E-state index < -0.39 is 26.0 Å². The Labute approximate surface area is 143 Å². The van der Waals surface area contributed by atoms with Crippen LogP contribution in [0.15, 0.2) is 18.4 Å². The highest BCUT2D eigenvalue weighted by Crippen LogP contribution is 2.39. The summed E-state index contributed by atoms with van der Waals surface area (Å²) in [5.74, 6) is -1.04. The Morgan fingerprint density at radius 3 is 2.50 bits per heavy atom. The first kappa shape index (κ1) is 18.6. The smallest absolute Gasteiger partial charge is 0.368 e. The number of nitrogens with one attached hydrogen (secondary N) is 1. The lowest BCUT2D eigenvalue weighted by atomic mass is 10.4. The van der Waals surface area contributed by atoms with Crippen molar-refractivity contribution in [3.8, 4) is 5.75 Å². The molecule has 0 unspecified atom stereocenters. The molecule has 134 valence electrons. The molecule has 0 radical (unpaired) electrons. The molecular weight excluding hydrogens is 380 g/mol. The van der Waals surface area contributed by atoms with E-state index in [0.29, 0.717) is 0 Å². The van der Waals surface area contributed by atoms with Gasteiger partial charge in [0.25, 0.3) is 15.9 Å². The molecular formula is C11H16N4O6S3. The van der Waals surface area contributed by atoms with Gasteiger partial charge in [0, 0.05) is 18.5 Å². The summed E-state index contributed by atoms with van der Waals surface area (Å²) in [7, 11) is -6.68. The summed E-state index contributed by atoms with van der Waals surface area (Å²) in [5.41, 5.74) is -0.00803. The monoisotopic (exact) mass is 396 g/mol. The lowest BCUT2D eigenvalue weighted by molar-refractivity contribution is 0.412. The number of thiophene rings is 1. The van der Waals surface area contributed by atoms with Gasteiger partial charge in [-0.1, -0.05) is 13.8 Å². The number of nitrogens with zero attached hydrogens (tertiary/aromatic N) is 3. The third-order valence-corrected chi connectivity index (χ3v) is 7.42. The SMILES string of the molecule is CCN(CC)S(=O)(=O)c1scc(NC2=NS(=O)(=O)N=C2OC)c1O. The molecule has 1 aliphatic heterocycles. The third kappa shape index (κ3) is 3.38. The molecule has 10 nitrogen and oxygen atoms in total. The van der Waals surface area contributed by atoms with Crippen LogP contribution in [-0.2, 0) is 25.0 Å². The van der Waals surface area contributed by atoms with E-state index in [4.69, 9.17) is 4.74 Å². The van der Waals surface area contributed by atoms with Crippen LogP contribution in [0, 0.1) is 0 Å². The first-order chi connectivity index (χ1) is 11.2. The second-order valence-electron chi connectivity index (χ2n) is 4.49. The van der Waals surface area contributed by atoms with Gasteiger partial charge in [-0.2, -0.15) is 12.7 Å². The van der Waals surface area contributed by atoms with Crippen LogP contribution in [0.4, 0.5) is 5.69 Å². The van der Waals surface area contributed by atoms with Crippen LogP contribution in [0.2, 0.25) is 0 Å². The van der Waals surface area contributed by atoms with E-state index in [0.717, 1.165) is 11.3 Å². The van der Waals surface area contributed by atoms with Gasteiger partial charge in [0.1, 0.15) is 0 Å². The van der Waals surface area contributed by atoms with Gasteiger partial charge in [0.2, 0.25) is 5.84 Å². The van der Waals surface area contributed by atoms with E-state index in [1.165, 1.54) is 16.8 Å². The Morgan fingerprint density at radius 2 is 1.96 bits per heavy atom. The molecule has 0 atom stereocenters. The predicted molar refractivity (Wildman–Crippen MR) is 90.5 cm³/mol. The van der Waals surface area contributed by atoms with Crippen molar-refractivity contribution < 1.29 is 26.7 Å². The minimum Gasteiger partial charge on any atom is -0.504 e. The number of hydrogen-bond acceptors (Lipinski definition) is 8. The molecule has 0 saturated heterocycles. The van der Waals surface area contributed by atoms with Crippen molar-refractivity contribution in [1.29, 1.82) is 0 Å². The molecule has 0 saturated carbocycles. The zero-order chi connectivity index (χ0) is 18.1. The van der Waals surface area contributed by atoms with Gasteiger partial charge in [-0.25, -0.2) is 8.42 Å². The quantitative estimate of drug-likeness (QED) is 0.743. The molecule has 2 rings (SSSR count). The molecule has 2 N–H and O–H groups in total. The van der Waals surface area contributed by atoms with E-state index in [1.54, 1.807) is 13.8 Å². The predicted octanol–water partition coefficient (Wildman–Crippen LogP) is 0.598. The lowest BCUT2D eigenvalue weighted by Gasteiger charge is -2.17. The molecule has 0 aliphatic carbocycles. The number of aromatic hydroxyl groups is 1. The van der Waals surface area contributed by atoms with Crippen molar-refractivity contribution in [1.82, 2.24) is 4.31 Å². The van der Waals surface area contributed by atoms with E-state index in [9.17, 15) is 21.9 Å². The maximum Gasteiger partial charge on any atom is 0.368 e. The fraction of sp³-hybridized carbons (Fsp3) is 0.455. The molecule has 0 aromatic carbocycles. The largest absolute Gasteiger partial charge is 0.504 e. The van der Waals surface area contributed by atoms with Crippen molar-refractivity contribution in [3.63, 3.8) is 0 Å². The minimum absolute atomic E-state index is 0.00803. The number of ether oxygens (including phenoxy) is 1. The maximum absolute atomic E-state index is 12.5. The van der Waals surface area contributed by atoms with Gasteiger partial charge in [-0.05, 0) is 0 Å². The van der Waals surface area contributed by atoms with Gasteiger partial charge in [0.15, 0.2) is 9.96 Å². The molecule has 24 heavy (non-hydrogen) atoms. The highest BCUT2D eigenvalue weighted by atomic mass is 32.2. The van der Waals surface area contributed by atoms with Gasteiger partial charge in [-0.15, -0.1) is 20.1 Å². The Bertz CT molecular complexity index is 896. The van der Waals surface area contributed by atoms with Crippen molar-refractivity contribution >= 4 is 49.0 Å². The molecule has 1 aliphatic rings. The van der Waals surface area contributed by atoms with E-state index in [-0.39, 0.29) is 34.7 Å². The zero-order valence-electron chi connectivity index (χ0n) is 13.0. The summed E-state index contributed by atoms with van der Waals surface area (Å²) in [6.45, 7) is 3.88. The molecule has 0 bridgehead atoms. The van der Waals surface area contributed by atoms with Gasteiger partial charge < -0.3 is 15.2 Å². The Kier molecular flexibility index (Phi) is 5.17. The van der Waals surface area contributed by atoms with Crippen LogP contribution in [0.1, 0.15) is 13.8 Å². The zero-order valence-corrected chi connectivity index (χ0v) is 15.5. The fourth-order valence-electron chi connectivity index (χ4n) is 1.95. The van der Waals surface area contributed by atoms with Crippen molar-refractivity contribution in [2.75, 3.05) is 25.5 Å². The number of rotatable bonds is 5. The summed E-state index contributed by atoms with van der Waals surface area (Å²) < 4.78 is 60.0. The normalized spacial score (nSPS) is 16.8. The van der Waals surface area contributed by atoms with Crippen LogP contribution in [-0.4, -0.2) is 58.2 Å². The second-order valence-corrected chi connectivity index (χ2v) is 8.76. The van der Waals surface area contributed by atoms with Crippen molar-refractivity contribution in [2.45, 2.75) is 18.1 Å². The average Bonchev–Trinajstić information content (AvgIpc) is 3.00. The van der Waals surface area contributed by atoms with E-state index in [1.807, 2.05) is 0 Å². The summed E-state index contributed by atoms with van der Waals surface area (Å²) in [6.07, 6.45) is 0. The number of methoxy groups -OCH3 is 1. The van der Waals surface area contributed by atoms with E-state index in [2.05, 4.69) is 14.1 Å². The molecule has 0 fully saturated rings. The standard InChI is InChI=1S/C11H16N4O6S3/c1-4-15(5-2)23(17,18)11-8(16)7(6-22-11)12-9-10(21-3)14-24(19,20)13-9/h6,16H,4-5H2,1-3H3,(H,12,13). The minimum atomic E-state index is -4.05. The molecule has 0 spiro atoms. The summed E-state index contributed by atoms with van der Waals surface area (Å²) >= 11 is 0.807. The molecule has 0 amide bonds. The van der Waals surface area contributed by atoms with Crippen molar-refractivity contribution in [2.24, 2.45) is 8.80 Å². The Hall–Kier alpha value is -1.70. The molecule has 1 aromatic rings. The van der Waals surface area contributed by atoms with Crippen LogP contribution < -0.4 is 5.32 Å². The summed E-state index contributed by atoms with van der Waals surface area (Å²) in [6, 6.07) is 0. The first-order valence-corrected chi connectivity index (χ1v) is 10.4. The Balaban J connectivity index is 2.37. The number of hydrogen-bond donors (Lipinski definition) is 2. The van der Waals surface area contributed by atoms with Crippen LogP contribution in [0.5, 0.6) is 5.75 Å². The van der Waals surface area contributed by atoms with Crippen LogP contribution >= 0.6 is 11.3 Å². The highest BCUT2D eigenvalue weighted by Gasteiger charge is 2.31. The van der Waals surface area contributed by atoms with Crippen LogP contribution in [0.25, 0.3) is 0 Å². The van der Waals surface area contributed by atoms with Gasteiger partial charge in [0.05, 0.1) is 12.8 Å². The topological polar surface area (TPSA) is 138 Å². The molecule has 13 heteroatoms. The highest BCUT2D eigenvalue weighted by molar-refractivity contribution is 7.91. The first-order valence-electron chi connectivity index (χ1n) is 6.73. The number of amidine groups is 1. The third-order valence-electron chi connectivity index (χ3n) is 3.07. The maximum atomic E-state index is 12.5. The van der Waals surface area contributed by atoms with Gasteiger partial charge in [-0.3, -0.25) is 0 Å². The second kappa shape index (κ2) is 6.66. The average molecular weight is 396 g/mol. The number of anilines is 1. The van der Waals surface area contributed by atoms with Crippen molar-refractivity contribution in [3.05, 3.63) is 5.38 Å². The van der Waals surface area contributed by atoms with Gasteiger partial charge >= 0.3 is 10.2 Å². The molecule has 1 aromatic heterocycles. The summed E-state index contributed by atoms with van der Waals surface area (Å²) in [5, 5.41) is 14.1. The Morgan fingerprint density at radius 1 is 1.33 bits per heavy atom. The lowest BCUT2D eigenvalue weighted by Crippen LogP contribution is -2.30. The summed E-state index contributed by atoms with van der Waals surface area (Å²) in [4.78, 5) is 0. The molecule has 2 heterocycles. The number of sulfonamides is 1.